The Balaban J connectivity index is 1.86. The fourth-order valence-corrected chi connectivity index (χ4v) is 2.27. The molecule has 4 heteroatoms. The van der Waals surface area contributed by atoms with E-state index >= 15 is 0 Å². The number of benzene rings is 1. The van der Waals surface area contributed by atoms with Crippen molar-refractivity contribution in [3.8, 4) is 0 Å². The minimum Gasteiger partial charge on any atom is -0.366 e. The zero-order valence-electron chi connectivity index (χ0n) is 10.8. The van der Waals surface area contributed by atoms with E-state index < -0.39 is 0 Å². The molecule has 1 aromatic rings. The summed E-state index contributed by atoms with van der Waals surface area (Å²) in [5, 5.41) is 6.77. The Morgan fingerprint density at radius 1 is 0.944 bits per heavy atom. The summed E-state index contributed by atoms with van der Waals surface area (Å²) in [6.07, 6.45) is 0. The molecule has 2 unspecified atom stereocenters. The number of hydrogen-bond donors (Lipinski definition) is 2. The molecule has 2 atom stereocenters. The van der Waals surface area contributed by atoms with Gasteiger partial charge in [-0.05, 0) is 19.9 Å². The maximum atomic E-state index is 4.51. The Kier molecular flexibility index (Phi) is 2.78. The molecule has 3 rings (SSSR count). The second kappa shape index (κ2) is 4.44. The number of nitrogens with one attached hydrogen (secondary N) is 2. The highest BCUT2D eigenvalue weighted by Crippen LogP contribution is 2.12. The minimum absolute atomic E-state index is 0.436. The molecule has 0 amide bonds. The monoisotopic (exact) mass is 242 g/mol. The van der Waals surface area contributed by atoms with Gasteiger partial charge in [-0.2, -0.15) is 0 Å². The van der Waals surface area contributed by atoms with Crippen molar-refractivity contribution >= 4 is 11.7 Å². The standard InChI is InChI=1S/C14H18N4/c1-9-7-15-13(17-9)11-4-3-5-12(6-11)14-16-8-10(2)18-14/h3-6,9-10H,7-8H2,1-2H3,(H,15,17)(H,16,18). The van der Waals surface area contributed by atoms with Crippen LogP contribution in [0.15, 0.2) is 34.3 Å². The summed E-state index contributed by atoms with van der Waals surface area (Å²) >= 11 is 0. The highest BCUT2D eigenvalue weighted by atomic mass is 15.1. The molecule has 0 aliphatic carbocycles. The molecule has 18 heavy (non-hydrogen) atoms. The molecule has 0 spiro atoms. The second-order valence-electron chi connectivity index (χ2n) is 5.05. The van der Waals surface area contributed by atoms with Crippen LogP contribution in [0.5, 0.6) is 0 Å². The van der Waals surface area contributed by atoms with E-state index in [2.05, 4.69) is 58.7 Å². The topological polar surface area (TPSA) is 48.8 Å². The van der Waals surface area contributed by atoms with Crippen molar-refractivity contribution in [3.05, 3.63) is 35.4 Å². The SMILES string of the molecule is CC1CN=C(c2cccc(C3=NCC(C)N3)c2)N1. The van der Waals surface area contributed by atoms with Crippen molar-refractivity contribution in [2.75, 3.05) is 13.1 Å². The van der Waals surface area contributed by atoms with Gasteiger partial charge < -0.3 is 10.6 Å². The number of nitrogens with zero attached hydrogens (tertiary/aromatic N) is 2. The van der Waals surface area contributed by atoms with E-state index in [-0.39, 0.29) is 0 Å². The summed E-state index contributed by atoms with van der Waals surface area (Å²) in [4.78, 5) is 9.03. The maximum absolute atomic E-state index is 4.51. The van der Waals surface area contributed by atoms with Crippen LogP contribution in [0.25, 0.3) is 0 Å². The van der Waals surface area contributed by atoms with E-state index in [9.17, 15) is 0 Å². The highest BCUT2D eigenvalue weighted by Gasteiger charge is 2.17. The van der Waals surface area contributed by atoms with Gasteiger partial charge in [-0.25, -0.2) is 0 Å². The average molecular weight is 242 g/mol. The van der Waals surface area contributed by atoms with Gasteiger partial charge in [0.1, 0.15) is 11.7 Å². The van der Waals surface area contributed by atoms with Crippen LogP contribution in [0.1, 0.15) is 25.0 Å². The first-order valence-electron chi connectivity index (χ1n) is 6.45. The third kappa shape index (κ3) is 2.10. The lowest BCUT2D eigenvalue weighted by molar-refractivity contribution is 0.725. The molecule has 0 saturated heterocycles. The van der Waals surface area contributed by atoms with Gasteiger partial charge in [0.05, 0.1) is 13.1 Å². The summed E-state index contributed by atoms with van der Waals surface area (Å²) in [7, 11) is 0. The zero-order chi connectivity index (χ0) is 12.5. The van der Waals surface area contributed by atoms with Crippen LogP contribution in [0, 0.1) is 0 Å². The average Bonchev–Trinajstić information content (AvgIpc) is 2.98. The van der Waals surface area contributed by atoms with E-state index in [0.717, 1.165) is 35.9 Å². The number of amidine groups is 2. The summed E-state index contributed by atoms with van der Waals surface area (Å²) in [6, 6.07) is 9.26. The van der Waals surface area contributed by atoms with Crippen LogP contribution in [0.3, 0.4) is 0 Å². The van der Waals surface area contributed by atoms with Crippen LogP contribution in [0.4, 0.5) is 0 Å². The van der Waals surface area contributed by atoms with E-state index in [4.69, 9.17) is 0 Å². The minimum atomic E-state index is 0.436. The Hall–Kier alpha value is -1.84. The lowest BCUT2D eigenvalue weighted by atomic mass is 10.1. The largest absolute Gasteiger partial charge is 0.366 e. The Labute approximate surface area is 107 Å². The van der Waals surface area contributed by atoms with Gasteiger partial charge in [-0.3, -0.25) is 9.98 Å². The lowest BCUT2D eigenvalue weighted by Gasteiger charge is -2.09. The first kappa shape index (κ1) is 11.3. The first-order chi connectivity index (χ1) is 8.72. The number of aliphatic imine (C=N–C) groups is 2. The highest BCUT2D eigenvalue weighted by molar-refractivity contribution is 6.05. The van der Waals surface area contributed by atoms with Gasteiger partial charge >= 0.3 is 0 Å². The molecule has 2 aliphatic heterocycles. The van der Waals surface area contributed by atoms with Crippen molar-refractivity contribution in [2.24, 2.45) is 9.98 Å². The fourth-order valence-electron chi connectivity index (χ4n) is 2.27. The van der Waals surface area contributed by atoms with Gasteiger partial charge in [0.25, 0.3) is 0 Å². The van der Waals surface area contributed by atoms with E-state index in [1.165, 1.54) is 0 Å². The first-order valence-corrected chi connectivity index (χ1v) is 6.45. The summed E-state index contributed by atoms with van der Waals surface area (Å²) in [6.45, 7) is 6.00. The quantitative estimate of drug-likeness (QED) is 0.817. The molecule has 0 fully saturated rings. The lowest BCUT2D eigenvalue weighted by Crippen LogP contribution is -2.29. The predicted octanol–water partition coefficient (Wildman–Crippen LogP) is 1.16. The van der Waals surface area contributed by atoms with Crippen molar-refractivity contribution < 1.29 is 0 Å². The van der Waals surface area contributed by atoms with E-state index in [1.54, 1.807) is 0 Å². The van der Waals surface area contributed by atoms with Gasteiger partial charge in [0.2, 0.25) is 0 Å². The van der Waals surface area contributed by atoms with Crippen LogP contribution in [0.2, 0.25) is 0 Å². The van der Waals surface area contributed by atoms with Crippen molar-refractivity contribution in [2.45, 2.75) is 25.9 Å². The third-order valence-corrected chi connectivity index (χ3v) is 3.22. The van der Waals surface area contributed by atoms with Gasteiger partial charge in [-0.15, -0.1) is 0 Å². The number of hydrogen-bond acceptors (Lipinski definition) is 4. The molecule has 0 radical (unpaired) electrons. The van der Waals surface area contributed by atoms with E-state index in [1.807, 2.05) is 0 Å². The number of rotatable bonds is 2. The maximum Gasteiger partial charge on any atom is 0.128 e. The Bertz CT molecular complexity index is 475. The molecule has 2 heterocycles. The summed E-state index contributed by atoms with van der Waals surface area (Å²) < 4.78 is 0. The molecule has 2 N–H and O–H groups in total. The molecule has 0 aromatic heterocycles. The zero-order valence-corrected chi connectivity index (χ0v) is 10.8. The van der Waals surface area contributed by atoms with Crippen LogP contribution in [-0.4, -0.2) is 36.8 Å². The molecule has 2 aliphatic rings. The Morgan fingerprint density at radius 2 is 1.44 bits per heavy atom. The summed E-state index contributed by atoms with van der Waals surface area (Å²) in [5.41, 5.74) is 2.28. The molecular weight excluding hydrogens is 224 g/mol. The Morgan fingerprint density at radius 3 is 1.83 bits per heavy atom. The molecule has 94 valence electrons. The van der Waals surface area contributed by atoms with Crippen molar-refractivity contribution in [1.29, 1.82) is 0 Å². The van der Waals surface area contributed by atoms with Gasteiger partial charge in [0, 0.05) is 23.2 Å². The predicted molar refractivity (Wildman–Crippen MR) is 74.4 cm³/mol. The molecule has 0 bridgehead atoms. The molecule has 1 aromatic carbocycles. The van der Waals surface area contributed by atoms with Crippen molar-refractivity contribution in [1.82, 2.24) is 10.6 Å². The van der Waals surface area contributed by atoms with E-state index in [0.29, 0.717) is 12.1 Å². The molecule has 0 saturated carbocycles. The van der Waals surface area contributed by atoms with Gasteiger partial charge in [-0.1, -0.05) is 18.2 Å². The van der Waals surface area contributed by atoms with Crippen molar-refractivity contribution in [3.63, 3.8) is 0 Å². The smallest absolute Gasteiger partial charge is 0.128 e. The third-order valence-electron chi connectivity index (χ3n) is 3.22. The van der Waals surface area contributed by atoms with Gasteiger partial charge in [0.15, 0.2) is 0 Å². The normalized spacial score (nSPS) is 26.3. The van der Waals surface area contributed by atoms with Crippen LogP contribution in [-0.2, 0) is 0 Å². The molecule has 4 nitrogen and oxygen atoms in total. The molecular formula is C14H18N4. The second-order valence-corrected chi connectivity index (χ2v) is 5.05. The van der Waals surface area contributed by atoms with Crippen LogP contribution < -0.4 is 10.6 Å². The van der Waals surface area contributed by atoms with Crippen LogP contribution >= 0.6 is 0 Å². The summed E-state index contributed by atoms with van der Waals surface area (Å²) in [5.74, 6) is 1.99. The fraction of sp³-hybridized carbons (Fsp3) is 0.429.